The molecular weight excluding hydrogens is 243 g/mol. The highest BCUT2D eigenvalue weighted by Gasteiger charge is 2.02. The second-order valence-corrected chi connectivity index (χ2v) is 4.12. The normalized spacial score (nSPS) is 10.6. The monoisotopic (exact) mass is 256 g/mol. The molecule has 1 N–H and O–H groups in total. The van der Waals surface area contributed by atoms with E-state index in [-0.39, 0.29) is 11.7 Å². The van der Waals surface area contributed by atoms with Crippen molar-refractivity contribution in [1.82, 2.24) is 5.43 Å². The lowest BCUT2D eigenvalue weighted by Gasteiger charge is -2.00. The molecule has 0 unspecified atom stereocenters. The van der Waals surface area contributed by atoms with E-state index in [0.29, 0.717) is 11.1 Å². The minimum absolute atomic E-state index is 0.298. The number of amides is 1. The van der Waals surface area contributed by atoms with E-state index in [0.717, 1.165) is 5.56 Å². The van der Waals surface area contributed by atoms with Gasteiger partial charge in [0.1, 0.15) is 5.82 Å². The number of rotatable bonds is 3. The summed E-state index contributed by atoms with van der Waals surface area (Å²) < 4.78 is 12.9. The van der Waals surface area contributed by atoms with E-state index in [1.54, 1.807) is 24.3 Å². The lowest BCUT2D eigenvalue weighted by atomic mass is 10.1. The molecule has 0 heterocycles. The lowest BCUT2D eigenvalue weighted by Crippen LogP contribution is -2.17. The van der Waals surface area contributed by atoms with Crippen molar-refractivity contribution in [1.29, 1.82) is 0 Å². The molecule has 0 saturated carbocycles. The topological polar surface area (TPSA) is 41.5 Å². The van der Waals surface area contributed by atoms with Crippen molar-refractivity contribution in [2.45, 2.75) is 6.92 Å². The first-order valence-electron chi connectivity index (χ1n) is 5.81. The van der Waals surface area contributed by atoms with Gasteiger partial charge in [0.05, 0.1) is 6.21 Å². The molecule has 0 fully saturated rings. The molecule has 0 atom stereocenters. The van der Waals surface area contributed by atoms with E-state index >= 15 is 0 Å². The zero-order chi connectivity index (χ0) is 13.7. The second-order valence-electron chi connectivity index (χ2n) is 4.12. The molecule has 19 heavy (non-hydrogen) atoms. The van der Waals surface area contributed by atoms with E-state index in [9.17, 15) is 9.18 Å². The van der Waals surface area contributed by atoms with Crippen molar-refractivity contribution < 1.29 is 9.18 Å². The van der Waals surface area contributed by atoms with Gasteiger partial charge < -0.3 is 0 Å². The number of nitrogens with one attached hydrogen (secondary N) is 1. The Morgan fingerprint density at radius 2 is 1.95 bits per heavy atom. The maximum absolute atomic E-state index is 12.9. The van der Waals surface area contributed by atoms with Gasteiger partial charge in [-0.3, -0.25) is 4.79 Å². The summed E-state index contributed by atoms with van der Waals surface area (Å²) in [5, 5.41) is 3.79. The molecule has 4 heteroatoms. The highest BCUT2D eigenvalue weighted by molar-refractivity contribution is 5.94. The first-order chi connectivity index (χ1) is 9.15. The van der Waals surface area contributed by atoms with Crippen molar-refractivity contribution in [3.63, 3.8) is 0 Å². The molecule has 0 radical (unpaired) electrons. The van der Waals surface area contributed by atoms with Crippen LogP contribution in [0, 0.1) is 12.7 Å². The molecule has 2 aromatic carbocycles. The molecule has 3 nitrogen and oxygen atoms in total. The number of carbonyl (C=O) groups is 1. The number of carbonyl (C=O) groups excluding carboxylic acids is 1. The molecule has 0 saturated heterocycles. The number of hydrogen-bond donors (Lipinski definition) is 1. The molecular formula is C15H13FN2O. The van der Waals surface area contributed by atoms with Crippen molar-refractivity contribution in [3.05, 3.63) is 71.0 Å². The quantitative estimate of drug-likeness (QED) is 0.665. The van der Waals surface area contributed by atoms with E-state index in [1.165, 1.54) is 18.3 Å². The Morgan fingerprint density at radius 3 is 2.63 bits per heavy atom. The fourth-order valence-electron chi connectivity index (χ4n) is 1.52. The number of halogens is 1. The molecule has 0 spiro atoms. The fraction of sp³-hybridized carbons (Fsp3) is 0.0667. The Morgan fingerprint density at radius 1 is 1.21 bits per heavy atom. The van der Waals surface area contributed by atoms with Crippen LogP contribution < -0.4 is 5.43 Å². The summed E-state index contributed by atoms with van der Waals surface area (Å²) >= 11 is 0. The summed E-state index contributed by atoms with van der Waals surface area (Å²) in [4.78, 5) is 11.7. The average Bonchev–Trinajstić information content (AvgIpc) is 2.39. The summed E-state index contributed by atoms with van der Waals surface area (Å²) in [6, 6.07) is 13.1. The van der Waals surface area contributed by atoms with Crippen LogP contribution in [0.5, 0.6) is 0 Å². The molecule has 2 aromatic rings. The predicted molar refractivity (Wildman–Crippen MR) is 72.6 cm³/mol. The maximum atomic E-state index is 12.9. The zero-order valence-electron chi connectivity index (χ0n) is 10.4. The van der Waals surface area contributed by atoms with Gasteiger partial charge >= 0.3 is 0 Å². The van der Waals surface area contributed by atoms with Crippen LogP contribution in [0.25, 0.3) is 0 Å². The van der Waals surface area contributed by atoms with Crippen LogP contribution in [-0.2, 0) is 0 Å². The number of benzene rings is 2. The van der Waals surface area contributed by atoms with Crippen LogP contribution in [0.3, 0.4) is 0 Å². The van der Waals surface area contributed by atoms with Crippen LogP contribution in [0.15, 0.2) is 53.6 Å². The Hall–Kier alpha value is -2.49. The Labute approximate surface area is 110 Å². The van der Waals surface area contributed by atoms with E-state index in [2.05, 4.69) is 10.5 Å². The van der Waals surface area contributed by atoms with Crippen LogP contribution in [0.4, 0.5) is 4.39 Å². The first-order valence-corrected chi connectivity index (χ1v) is 5.81. The third kappa shape index (κ3) is 3.74. The SMILES string of the molecule is Cc1ccc(C(=O)NN=Cc2cccc(F)c2)cc1. The van der Waals surface area contributed by atoms with Gasteiger partial charge in [0.2, 0.25) is 0 Å². The molecule has 0 aliphatic heterocycles. The number of aryl methyl sites for hydroxylation is 1. The number of hydrogen-bond acceptors (Lipinski definition) is 2. The van der Waals surface area contributed by atoms with E-state index in [4.69, 9.17) is 0 Å². The minimum atomic E-state index is -0.339. The molecule has 2 rings (SSSR count). The van der Waals surface area contributed by atoms with Crippen molar-refractivity contribution in [3.8, 4) is 0 Å². The van der Waals surface area contributed by atoms with Crippen molar-refractivity contribution in [2.24, 2.45) is 5.10 Å². The molecule has 1 amide bonds. The van der Waals surface area contributed by atoms with Gasteiger partial charge in [-0.05, 0) is 36.8 Å². The van der Waals surface area contributed by atoms with Crippen LogP contribution in [-0.4, -0.2) is 12.1 Å². The number of nitrogens with zero attached hydrogens (tertiary/aromatic N) is 1. The van der Waals surface area contributed by atoms with Gasteiger partial charge in [0.15, 0.2) is 0 Å². The summed E-state index contributed by atoms with van der Waals surface area (Å²) in [7, 11) is 0. The summed E-state index contributed by atoms with van der Waals surface area (Å²) in [6.45, 7) is 1.95. The van der Waals surface area contributed by atoms with Crippen molar-refractivity contribution >= 4 is 12.1 Å². The Bertz CT molecular complexity index is 606. The molecule has 0 aromatic heterocycles. The number of hydrazone groups is 1. The highest BCUT2D eigenvalue weighted by atomic mass is 19.1. The molecule has 0 aliphatic carbocycles. The summed E-state index contributed by atoms with van der Waals surface area (Å²) in [5.41, 5.74) is 4.59. The van der Waals surface area contributed by atoms with Gasteiger partial charge in [0.25, 0.3) is 5.91 Å². The summed E-state index contributed by atoms with van der Waals surface area (Å²) in [5.74, 6) is -0.638. The van der Waals surface area contributed by atoms with E-state index in [1.807, 2.05) is 19.1 Å². The van der Waals surface area contributed by atoms with Crippen LogP contribution in [0.1, 0.15) is 21.5 Å². The van der Waals surface area contributed by atoms with Crippen LogP contribution >= 0.6 is 0 Å². The predicted octanol–water partition coefficient (Wildman–Crippen LogP) is 2.90. The Kier molecular flexibility index (Phi) is 4.03. The van der Waals surface area contributed by atoms with Gasteiger partial charge in [-0.1, -0.05) is 29.8 Å². The first kappa shape index (κ1) is 13.0. The highest BCUT2D eigenvalue weighted by Crippen LogP contribution is 2.03. The molecule has 0 bridgehead atoms. The standard InChI is InChI=1S/C15H13FN2O/c1-11-5-7-13(8-6-11)15(19)18-17-10-12-3-2-4-14(16)9-12/h2-10H,1H3,(H,18,19). The van der Waals surface area contributed by atoms with Crippen molar-refractivity contribution in [2.75, 3.05) is 0 Å². The van der Waals surface area contributed by atoms with Gasteiger partial charge in [0, 0.05) is 5.56 Å². The smallest absolute Gasteiger partial charge is 0.267 e. The molecule has 96 valence electrons. The van der Waals surface area contributed by atoms with Crippen LogP contribution in [0.2, 0.25) is 0 Å². The molecule has 0 aliphatic rings. The summed E-state index contributed by atoms with van der Waals surface area (Å²) in [6.07, 6.45) is 1.40. The van der Waals surface area contributed by atoms with Gasteiger partial charge in [-0.25, -0.2) is 9.82 Å². The van der Waals surface area contributed by atoms with Gasteiger partial charge in [-0.2, -0.15) is 5.10 Å². The zero-order valence-corrected chi connectivity index (χ0v) is 10.4. The van der Waals surface area contributed by atoms with E-state index < -0.39 is 0 Å². The second kappa shape index (κ2) is 5.91. The van der Waals surface area contributed by atoms with Gasteiger partial charge in [-0.15, -0.1) is 0 Å². The fourth-order valence-corrected chi connectivity index (χ4v) is 1.52. The maximum Gasteiger partial charge on any atom is 0.271 e. The average molecular weight is 256 g/mol. The largest absolute Gasteiger partial charge is 0.271 e. The third-order valence-corrected chi connectivity index (χ3v) is 2.54. The minimum Gasteiger partial charge on any atom is -0.267 e. The third-order valence-electron chi connectivity index (χ3n) is 2.54. The lowest BCUT2D eigenvalue weighted by molar-refractivity contribution is 0.0955. The Balaban J connectivity index is 1.98.